The summed E-state index contributed by atoms with van der Waals surface area (Å²) < 4.78 is 34.6. The van der Waals surface area contributed by atoms with Crippen LogP contribution in [0, 0.1) is 5.92 Å². The molecule has 0 spiro atoms. The van der Waals surface area contributed by atoms with E-state index >= 15 is 0 Å². The van der Waals surface area contributed by atoms with Crippen LogP contribution in [0.3, 0.4) is 0 Å². The van der Waals surface area contributed by atoms with Crippen LogP contribution in [0.5, 0.6) is 0 Å². The van der Waals surface area contributed by atoms with Gasteiger partial charge in [0.05, 0.1) is 6.04 Å². The Labute approximate surface area is 138 Å². The van der Waals surface area contributed by atoms with Gasteiger partial charge in [-0.2, -0.15) is 17.0 Å². The molecule has 6 heteroatoms. The fourth-order valence-electron chi connectivity index (χ4n) is 3.13. The van der Waals surface area contributed by atoms with E-state index in [-0.39, 0.29) is 6.04 Å². The molecule has 0 saturated carbocycles. The predicted octanol–water partition coefficient (Wildman–Crippen LogP) is 3.40. The molecule has 2 heterocycles. The van der Waals surface area contributed by atoms with Crippen molar-refractivity contribution in [2.75, 3.05) is 20.1 Å². The number of piperidine rings is 1. The van der Waals surface area contributed by atoms with Gasteiger partial charge >= 0.3 is 0 Å². The van der Waals surface area contributed by atoms with Crippen molar-refractivity contribution in [1.29, 1.82) is 0 Å². The van der Waals surface area contributed by atoms with Crippen molar-refractivity contribution in [2.45, 2.75) is 32.7 Å². The first-order valence-corrected chi connectivity index (χ1v) is 9.51. The van der Waals surface area contributed by atoms with Gasteiger partial charge in [0, 0.05) is 25.5 Å². The highest BCUT2D eigenvalue weighted by atomic mass is 32.2. The van der Waals surface area contributed by atoms with Crippen LogP contribution in [-0.4, -0.2) is 37.2 Å². The Bertz CT molecular complexity index is 751. The summed E-state index contributed by atoms with van der Waals surface area (Å²) in [5, 5.41) is 0.992. The van der Waals surface area contributed by atoms with Gasteiger partial charge < -0.3 is 4.42 Å². The Kier molecular flexibility index (Phi) is 4.49. The molecule has 2 atom stereocenters. The smallest absolute Gasteiger partial charge is 0.282 e. The van der Waals surface area contributed by atoms with Gasteiger partial charge in [-0.05, 0) is 37.8 Å². The summed E-state index contributed by atoms with van der Waals surface area (Å²) in [5.41, 5.74) is 0.784. The minimum Gasteiger partial charge on any atom is -0.459 e. The average Bonchev–Trinajstić information content (AvgIpc) is 2.97. The number of fused-ring (bicyclic) bond motifs is 1. The van der Waals surface area contributed by atoms with Gasteiger partial charge in [0.25, 0.3) is 10.2 Å². The van der Waals surface area contributed by atoms with Crippen LogP contribution in [0.1, 0.15) is 38.5 Å². The molecule has 5 nitrogen and oxygen atoms in total. The van der Waals surface area contributed by atoms with Crippen LogP contribution in [0.4, 0.5) is 0 Å². The van der Waals surface area contributed by atoms with E-state index in [1.165, 1.54) is 4.31 Å². The van der Waals surface area contributed by atoms with Gasteiger partial charge in [-0.25, -0.2) is 0 Å². The molecule has 1 aliphatic heterocycles. The van der Waals surface area contributed by atoms with Crippen molar-refractivity contribution in [3.05, 3.63) is 36.1 Å². The maximum absolute atomic E-state index is 12.9. The third kappa shape index (κ3) is 3.16. The van der Waals surface area contributed by atoms with Crippen LogP contribution >= 0.6 is 0 Å². The monoisotopic (exact) mass is 336 g/mol. The molecule has 0 aliphatic carbocycles. The van der Waals surface area contributed by atoms with Crippen LogP contribution in [0.15, 0.2) is 34.7 Å². The quantitative estimate of drug-likeness (QED) is 0.860. The van der Waals surface area contributed by atoms with Crippen LogP contribution < -0.4 is 0 Å². The fourth-order valence-corrected chi connectivity index (χ4v) is 4.80. The Morgan fingerprint density at radius 3 is 2.78 bits per heavy atom. The third-order valence-electron chi connectivity index (χ3n) is 4.71. The lowest BCUT2D eigenvalue weighted by atomic mass is 10.0. The minimum atomic E-state index is -3.47. The van der Waals surface area contributed by atoms with E-state index in [2.05, 4.69) is 6.92 Å². The number of hydrogen-bond acceptors (Lipinski definition) is 3. The molecule has 0 amide bonds. The Hall–Kier alpha value is -1.37. The summed E-state index contributed by atoms with van der Waals surface area (Å²) in [6.45, 7) is 5.16. The average molecular weight is 336 g/mol. The molecule has 0 unspecified atom stereocenters. The molecule has 1 aliphatic rings. The van der Waals surface area contributed by atoms with E-state index in [0.29, 0.717) is 24.8 Å². The first-order chi connectivity index (χ1) is 10.9. The zero-order chi connectivity index (χ0) is 16.6. The van der Waals surface area contributed by atoms with Crippen molar-refractivity contribution in [3.63, 3.8) is 0 Å². The minimum absolute atomic E-state index is 0.343. The van der Waals surface area contributed by atoms with Crippen molar-refractivity contribution in [2.24, 2.45) is 5.92 Å². The maximum atomic E-state index is 12.9. The van der Waals surface area contributed by atoms with E-state index in [1.54, 1.807) is 11.4 Å². The number of para-hydroxylation sites is 1. The van der Waals surface area contributed by atoms with E-state index in [1.807, 2.05) is 37.3 Å². The second kappa shape index (κ2) is 6.26. The first kappa shape index (κ1) is 16.5. The zero-order valence-corrected chi connectivity index (χ0v) is 14.7. The van der Waals surface area contributed by atoms with Gasteiger partial charge in [0.2, 0.25) is 0 Å². The van der Waals surface area contributed by atoms with Crippen LogP contribution in [-0.2, 0) is 10.2 Å². The fraction of sp³-hybridized carbons (Fsp3) is 0.529. The highest BCUT2D eigenvalue weighted by molar-refractivity contribution is 7.86. The lowest BCUT2D eigenvalue weighted by Crippen LogP contribution is -2.46. The highest BCUT2D eigenvalue weighted by Crippen LogP contribution is 2.30. The van der Waals surface area contributed by atoms with Crippen LogP contribution in [0.25, 0.3) is 11.0 Å². The number of hydrogen-bond donors (Lipinski definition) is 0. The standard InChI is InChI=1S/C17H24N2O3S/c1-13-7-6-10-19(12-13)23(20,21)18(3)14(2)17-11-15-8-4-5-9-16(15)22-17/h4-5,8-9,11,13-14H,6-7,10,12H2,1-3H3/t13-,14+/m0/s1. The molecule has 0 N–H and O–H groups in total. The van der Waals surface area contributed by atoms with Crippen molar-refractivity contribution in [3.8, 4) is 0 Å². The molecular weight excluding hydrogens is 312 g/mol. The molecule has 23 heavy (non-hydrogen) atoms. The summed E-state index contributed by atoms with van der Waals surface area (Å²) in [7, 11) is -1.84. The van der Waals surface area contributed by atoms with E-state index in [9.17, 15) is 8.42 Å². The molecule has 2 aromatic rings. The SMILES string of the molecule is C[C@H]1CCCN(S(=O)(=O)N(C)[C@H](C)c2cc3ccccc3o2)C1. The van der Waals surface area contributed by atoms with E-state index < -0.39 is 10.2 Å². The highest BCUT2D eigenvalue weighted by Gasteiger charge is 2.34. The van der Waals surface area contributed by atoms with Gasteiger partial charge in [0.1, 0.15) is 11.3 Å². The Morgan fingerprint density at radius 2 is 2.09 bits per heavy atom. The second-order valence-electron chi connectivity index (χ2n) is 6.49. The van der Waals surface area contributed by atoms with Crippen molar-refractivity contribution in [1.82, 2.24) is 8.61 Å². The molecule has 1 saturated heterocycles. The molecule has 0 bridgehead atoms. The van der Waals surface area contributed by atoms with Gasteiger partial charge in [-0.3, -0.25) is 0 Å². The number of nitrogens with zero attached hydrogens (tertiary/aromatic N) is 2. The zero-order valence-electron chi connectivity index (χ0n) is 13.9. The summed E-state index contributed by atoms with van der Waals surface area (Å²) in [6, 6.07) is 9.30. The van der Waals surface area contributed by atoms with Gasteiger partial charge in [0.15, 0.2) is 0 Å². The Balaban J connectivity index is 1.84. The molecular formula is C17H24N2O3S. The van der Waals surface area contributed by atoms with E-state index in [4.69, 9.17) is 4.42 Å². The summed E-state index contributed by atoms with van der Waals surface area (Å²) >= 11 is 0. The summed E-state index contributed by atoms with van der Waals surface area (Å²) in [4.78, 5) is 0. The predicted molar refractivity (Wildman–Crippen MR) is 91.3 cm³/mol. The number of rotatable bonds is 4. The number of benzene rings is 1. The topological polar surface area (TPSA) is 53.8 Å². The molecule has 126 valence electrons. The lowest BCUT2D eigenvalue weighted by molar-refractivity contribution is 0.249. The summed E-state index contributed by atoms with van der Waals surface area (Å²) in [6.07, 6.45) is 2.02. The summed E-state index contributed by atoms with van der Waals surface area (Å²) in [5.74, 6) is 1.08. The van der Waals surface area contributed by atoms with E-state index in [0.717, 1.165) is 23.8 Å². The maximum Gasteiger partial charge on any atom is 0.282 e. The van der Waals surface area contributed by atoms with Crippen molar-refractivity contribution < 1.29 is 12.8 Å². The third-order valence-corrected chi connectivity index (χ3v) is 6.74. The number of furan rings is 1. The van der Waals surface area contributed by atoms with Gasteiger partial charge in [-0.15, -0.1) is 0 Å². The Morgan fingerprint density at radius 1 is 1.35 bits per heavy atom. The molecule has 3 rings (SSSR count). The van der Waals surface area contributed by atoms with Crippen LogP contribution in [0.2, 0.25) is 0 Å². The largest absolute Gasteiger partial charge is 0.459 e. The molecule has 1 fully saturated rings. The molecule has 1 aromatic heterocycles. The molecule has 1 aromatic carbocycles. The normalized spacial score (nSPS) is 21.8. The second-order valence-corrected chi connectivity index (χ2v) is 8.48. The lowest BCUT2D eigenvalue weighted by Gasteiger charge is -2.34. The van der Waals surface area contributed by atoms with Crippen molar-refractivity contribution >= 4 is 21.2 Å². The molecule has 0 radical (unpaired) electrons. The van der Waals surface area contributed by atoms with Gasteiger partial charge in [-0.1, -0.05) is 25.1 Å². The first-order valence-electron chi connectivity index (χ1n) is 8.11.